The molecule has 2 aliphatic heterocycles. The van der Waals surface area contributed by atoms with Gasteiger partial charge < -0.3 is 14.7 Å². The van der Waals surface area contributed by atoms with Crippen LogP contribution in [0.5, 0.6) is 0 Å². The molecule has 2 amide bonds. The zero-order valence-electron chi connectivity index (χ0n) is 16.1. The second-order valence-corrected chi connectivity index (χ2v) is 7.67. The smallest absolute Gasteiger partial charge is 0.245 e. The summed E-state index contributed by atoms with van der Waals surface area (Å²) in [6.45, 7) is 5.09. The quantitative estimate of drug-likeness (QED) is 0.811. The van der Waals surface area contributed by atoms with Crippen LogP contribution in [-0.2, 0) is 16.0 Å². The van der Waals surface area contributed by atoms with Gasteiger partial charge in [-0.25, -0.2) is 0 Å². The van der Waals surface area contributed by atoms with Crippen molar-refractivity contribution in [2.24, 2.45) is 0 Å². The molecule has 5 heteroatoms. The first-order chi connectivity index (χ1) is 12.6. The van der Waals surface area contributed by atoms with Crippen molar-refractivity contribution in [2.45, 2.75) is 51.1 Å². The van der Waals surface area contributed by atoms with E-state index in [9.17, 15) is 9.59 Å². The molecule has 142 valence electrons. The van der Waals surface area contributed by atoms with Gasteiger partial charge in [0.1, 0.15) is 6.04 Å². The minimum absolute atomic E-state index is 0.0206. The summed E-state index contributed by atoms with van der Waals surface area (Å²) in [5.41, 5.74) is 1.26. The molecule has 2 heterocycles. The number of carbonyl (C=O) groups is 2. The van der Waals surface area contributed by atoms with Gasteiger partial charge >= 0.3 is 0 Å². The number of rotatable bonds is 5. The number of hydrogen-bond donors (Lipinski definition) is 0. The van der Waals surface area contributed by atoms with Crippen molar-refractivity contribution in [3.63, 3.8) is 0 Å². The van der Waals surface area contributed by atoms with E-state index >= 15 is 0 Å². The first kappa shape index (κ1) is 18.9. The lowest BCUT2D eigenvalue weighted by atomic mass is 10.0. The predicted octanol–water partition coefficient (Wildman–Crippen LogP) is 2.16. The Labute approximate surface area is 156 Å². The second kappa shape index (κ2) is 8.67. The molecular weight excluding hydrogens is 326 g/mol. The Bertz CT molecular complexity index is 611. The monoisotopic (exact) mass is 357 g/mol. The molecule has 1 atom stereocenters. The zero-order valence-corrected chi connectivity index (χ0v) is 16.1. The molecule has 5 nitrogen and oxygen atoms in total. The van der Waals surface area contributed by atoms with Crippen LogP contribution in [0.25, 0.3) is 0 Å². The maximum absolute atomic E-state index is 13.4. The van der Waals surface area contributed by atoms with E-state index in [2.05, 4.69) is 29.0 Å². The number of carbonyl (C=O) groups excluding carboxylic acids is 2. The zero-order chi connectivity index (χ0) is 18.5. The summed E-state index contributed by atoms with van der Waals surface area (Å²) < 4.78 is 0. The minimum atomic E-state index is -0.261. The lowest BCUT2D eigenvalue weighted by molar-refractivity contribution is -0.145. The van der Waals surface area contributed by atoms with Crippen molar-refractivity contribution in [1.29, 1.82) is 0 Å². The molecule has 0 N–H and O–H groups in total. The van der Waals surface area contributed by atoms with Crippen LogP contribution in [0.4, 0.5) is 0 Å². The van der Waals surface area contributed by atoms with Crippen LogP contribution >= 0.6 is 0 Å². The number of hydrogen-bond acceptors (Lipinski definition) is 3. The van der Waals surface area contributed by atoms with E-state index in [0.717, 1.165) is 51.7 Å². The molecule has 1 unspecified atom stereocenters. The Hall–Kier alpha value is -1.88. The molecule has 1 aromatic carbocycles. The van der Waals surface area contributed by atoms with E-state index in [1.165, 1.54) is 5.56 Å². The first-order valence-electron chi connectivity index (χ1n) is 9.86. The summed E-state index contributed by atoms with van der Waals surface area (Å²) in [7, 11) is 2.14. The number of piperidine rings is 1. The third kappa shape index (κ3) is 4.44. The van der Waals surface area contributed by atoms with Crippen molar-refractivity contribution in [1.82, 2.24) is 14.7 Å². The second-order valence-electron chi connectivity index (χ2n) is 7.67. The molecule has 0 bridgehead atoms. The fraction of sp³-hybridized carbons (Fsp3) is 0.619. The van der Waals surface area contributed by atoms with Crippen LogP contribution in [0.15, 0.2) is 30.3 Å². The van der Waals surface area contributed by atoms with Gasteiger partial charge in [0.15, 0.2) is 0 Å². The lowest BCUT2D eigenvalue weighted by Gasteiger charge is -2.39. The highest BCUT2D eigenvalue weighted by Gasteiger charge is 2.37. The van der Waals surface area contributed by atoms with E-state index in [-0.39, 0.29) is 23.9 Å². The summed E-state index contributed by atoms with van der Waals surface area (Å²) >= 11 is 0. The Kier molecular flexibility index (Phi) is 6.30. The van der Waals surface area contributed by atoms with E-state index in [1.807, 2.05) is 18.2 Å². The molecule has 26 heavy (non-hydrogen) atoms. The maximum atomic E-state index is 13.4. The van der Waals surface area contributed by atoms with E-state index in [4.69, 9.17) is 0 Å². The van der Waals surface area contributed by atoms with Crippen molar-refractivity contribution in [2.75, 3.05) is 33.2 Å². The third-order valence-corrected chi connectivity index (χ3v) is 5.84. The molecule has 0 radical (unpaired) electrons. The van der Waals surface area contributed by atoms with Gasteiger partial charge in [0.2, 0.25) is 11.8 Å². The van der Waals surface area contributed by atoms with Crippen LogP contribution in [0.2, 0.25) is 0 Å². The van der Waals surface area contributed by atoms with Gasteiger partial charge in [0, 0.05) is 26.1 Å². The number of likely N-dealkylation sites (tertiary alicyclic amines) is 2. The minimum Gasteiger partial charge on any atom is -0.337 e. The average Bonchev–Trinajstić information content (AvgIpc) is 3.14. The Morgan fingerprint density at radius 3 is 2.42 bits per heavy atom. The average molecular weight is 357 g/mol. The topological polar surface area (TPSA) is 43.9 Å². The number of nitrogens with zero attached hydrogens (tertiary/aromatic N) is 3. The lowest BCUT2D eigenvalue weighted by Crippen LogP contribution is -2.53. The first-order valence-corrected chi connectivity index (χ1v) is 9.86. The molecule has 3 rings (SSSR count). The van der Waals surface area contributed by atoms with Crippen molar-refractivity contribution >= 4 is 11.8 Å². The SMILES string of the molecule is CC(=O)N1CCCC1C(=O)N(CCc1ccccc1)C1CCN(C)CC1. The Morgan fingerprint density at radius 2 is 1.77 bits per heavy atom. The normalized spacial score (nSPS) is 21.8. The molecule has 2 aliphatic rings. The summed E-state index contributed by atoms with van der Waals surface area (Å²) in [6.07, 6.45) is 4.63. The number of amides is 2. The van der Waals surface area contributed by atoms with Crippen LogP contribution in [0.3, 0.4) is 0 Å². The summed E-state index contributed by atoms with van der Waals surface area (Å²) in [5, 5.41) is 0. The fourth-order valence-electron chi connectivity index (χ4n) is 4.27. The highest BCUT2D eigenvalue weighted by atomic mass is 16.2. The summed E-state index contributed by atoms with van der Waals surface area (Å²) in [6, 6.07) is 10.4. The third-order valence-electron chi connectivity index (χ3n) is 5.84. The molecule has 1 aromatic rings. The van der Waals surface area contributed by atoms with Crippen LogP contribution in [0.1, 0.15) is 38.2 Å². The molecule has 0 spiro atoms. The van der Waals surface area contributed by atoms with E-state index < -0.39 is 0 Å². The van der Waals surface area contributed by atoms with Gasteiger partial charge in [0.05, 0.1) is 0 Å². The van der Waals surface area contributed by atoms with Crippen LogP contribution in [-0.4, -0.2) is 71.8 Å². The molecule has 0 aromatic heterocycles. The van der Waals surface area contributed by atoms with Gasteiger partial charge in [-0.2, -0.15) is 0 Å². The van der Waals surface area contributed by atoms with Gasteiger partial charge in [-0.1, -0.05) is 30.3 Å². The summed E-state index contributed by atoms with van der Waals surface area (Å²) in [4.78, 5) is 31.5. The highest BCUT2D eigenvalue weighted by Crippen LogP contribution is 2.24. The van der Waals surface area contributed by atoms with Gasteiger partial charge in [-0.3, -0.25) is 9.59 Å². The number of benzene rings is 1. The largest absolute Gasteiger partial charge is 0.337 e. The van der Waals surface area contributed by atoms with Crippen molar-refractivity contribution in [3.05, 3.63) is 35.9 Å². The fourth-order valence-corrected chi connectivity index (χ4v) is 4.27. The summed E-state index contributed by atoms with van der Waals surface area (Å²) in [5.74, 6) is 0.176. The Morgan fingerprint density at radius 1 is 1.08 bits per heavy atom. The molecular formula is C21H31N3O2. The molecule has 2 fully saturated rings. The van der Waals surface area contributed by atoms with E-state index in [1.54, 1.807) is 11.8 Å². The predicted molar refractivity (Wildman–Crippen MR) is 103 cm³/mol. The molecule has 0 aliphatic carbocycles. The molecule has 2 saturated heterocycles. The Balaban J connectivity index is 1.73. The van der Waals surface area contributed by atoms with Crippen LogP contribution in [0, 0.1) is 0 Å². The highest BCUT2D eigenvalue weighted by molar-refractivity contribution is 5.87. The van der Waals surface area contributed by atoms with Gasteiger partial charge in [-0.15, -0.1) is 0 Å². The van der Waals surface area contributed by atoms with Gasteiger partial charge in [0.25, 0.3) is 0 Å². The maximum Gasteiger partial charge on any atom is 0.245 e. The standard InChI is InChI=1S/C21H31N3O2/c1-17(25)23-13-6-9-20(23)21(26)24(19-11-14-22(2)15-12-19)16-10-18-7-4-3-5-8-18/h3-5,7-8,19-20H,6,9-16H2,1-2H3. The van der Waals surface area contributed by atoms with Crippen molar-refractivity contribution in [3.8, 4) is 0 Å². The van der Waals surface area contributed by atoms with Gasteiger partial charge in [-0.05, 0) is 57.8 Å². The van der Waals surface area contributed by atoms with E-state index in [0.29, 0.717) is 6.54 Å². The molecule has 0 saturated carbocycles. The van der Waals surface area contributed by atoms with Crippen LogP contribution < -0.4 is 0 Å². The van der Waals surface area contributed by atoms with Crippen molar-refractivity contribution < 1.29 is 9.59 Å².